The van der Waals surface area contributed by atoms with E-state index < -0.39 is 0 Å². The second-order valence-corrected chi connectivity index (χ2v) is 2.08. The molecule has 52 valence electrons. The van der Waals surface area contributed by atoms with Gasteiger partial charge in [0.2, 0.25) is 0 Å². The van der Waals surface area contributed by atoms with E-state index >= 15 is 0 Å². The highest BCUT2D eigenvalue weighted by Crippen LogP contribution is 1.92. The molecule has 0 aliphatic rings. The van der Waals surface area contributed by atoms with Crippen LogP contribution in [-0.2, 0) is 0 Å². The maximum Gasteiger partial charge on any atom is 0.0468 e. The largest absolute Gasteiger partial charge is 0.290 e. The van der Waals surface area contributed by atoms with Crippen LogP contribution in [0.25, 0.3) is 0 Å². The quantitative estimate of drug-likeness (QED) is 0.514. The third kappa shape index (κ3) is 5.28. The van der Waals surface area contributed by atoms with Crippen LogP contribution in [0.5, 0.6) is 0 Å². The van der Waals surface area contributed by atoms with Crippen LogP contribution in [0.1, 0.15) is 27.2 Å². The molecule has 0 rings (SSSR count). The third-order valence-corrected chi connectivity index (χ3v) is 1.21. The molecule has 0 N–H and O–H groups in total. The Kier molecular flexibility index (Phi) is 5.18. The van der Waals surface area contributed by atoms with Crippen molar-refractivity contribution in [2.45, 2.75) is 33.2 Å². The zero-order valence-electron chi connectivity index (χ0n) is 6.46. The average Bonchev–Trinajstić information content (AvgIpc) is 1.89. The molecule has 9 heavy (non-hydrogen) atoms. The molecular formula is C8H15N. The summed E-state index contributed by atoms with van der Waals surface area (Å²) in [6, 6.07) is 0.473. The van der Waals surface area contributed by atoms with Gasteiger partial charge in [-0.05, 0) is 26.3 Å². The lowest BCUT2D eigenvalue weighted by Crippen LogP contribution is -1.92. The number of allylic oxidation sites excluding steroid dienone is 2. The summed E-state index contributed by atoms with van der Waals surface area (Å²) in [7, 11) is 0. The van der Waals surface area contributed by atoms with Crippen LogP contribution in [0, 0.1) is 0 Å². The van der Waals surface area contributed by atoms with E-state index in [-0.39, 0.29) is 0 Å². The molecule has 0 bridgehead atoms. The van der Waals surface area contributed by atoms with Crippen LogP contribution in [-0.4, -0.2) is 12.3 Å². The fourth-order valence-corrected chi connectivity index (χ4v) is 0.388. The summed E-state index contributed by atoms with van der Waals surface area (Å²) in [4.78, 5) is 4.22. The summed E-state index contributed by atoms with van der Waals surface area (Å²) < 4.78 is 0. The zero-order chi connectivity index (χ0) is 7.11. The summed E-state index contributed by atoms with van der Waals surface area (Å²) in [6.07, 6.45) is 6.90. The highest BCUT2D eigenvalue weighted by molar-refractivity contribution is 5.70. The van der Waals surface area contributed by atoms with Crippen molar-refractivity contribution >= 4 is 6.21 Å². The fraction of sp³-hybridized carbons (Fsp3) is 0.625. The minimum Gasteiger partial charge on any atom is -0.290 e. The molecule has 0 saturated heterocycles. The Bertz CT molecular complexity index is 103. The molecule has 0 aliphatic heterocycles. The van der Waals surface area contributed by atoms with E-state index in [9.17, 15) is 0 Å². The lowest BCUT2D eigenvalue weighted by Gasteiger charge is -1.96. The van der Waals surface area contributed by atoms with Crippen molar-refractivity contribution in [1.29, 1.82) is 0 Å². The first-order valence-corrected chi connectivity index (χ1v) is 3.45. The van der Waals surface area contributed by atoms with Crippen LogP contribution in [0.4, 0.5) is 0 Å². The Morgan fingerprint density at radius 2 is 2.22 bits per heavy atom. The lowest BCUT2D eigenvalue weighted by atomic mass is 10.3. The first-order valence-electron chi connectivity index (χ1n) is 3.45. The summed E-state index contributed by atoms with van der Waals surface area (Å²) in [5.41, 5.74) is 0. The minimum atomic E-state index is 0.473. The van der Waals surface area contributed by atoms with Gasteiger partial charge in [0.15, 0.2) is 0 Å². The molecule has 0 heterocycles. The Morgan fingerprint density at radius 1 is 1.56 bits per heavy atom. The van der Waals surface area contributed by atoms with Crippen molar-refractivity contribution in [3.63, 3.8) is 0 Å². The van der Waals surface area contributed by atoms with Gasteiger partial charge < -0.3 is 0 Å². The maximum absolute atomic E-state index is 4.22. The molecule has 0 aromatic heterocycles. The van der Waals surface area contributed by atoms with E-state index in [1.165, 1.54) is 0 Å². The maximum atomic E-state index is 4.22. The predicted octanol–water partition coefficient (Wildman–Crippen LogP) is 2.43. The molecule has 1 nitrogen and oxygen atoms in total. The number of rotatable bonds is 3. The van der Waals surface area contributed by atoms with Crippen molar-refractivity contribution in [2.24, 2.45) is 4.99 Å². The van der Waals surface area contributed by atoms with Crippen molar-refractivity contribution in [2.75, 3.05) is 0 Å². The lowest BCUT2D eigenvalue weighted by molar-refractivity contribution is 0.721. The molecule has 0 spiro atoms. The molecule has 0 aliphatic carbocycles. The predicted molar refractivity (Wildman–Crippen MR) is 43.1 cm³/mol. The van der Waals surface area contributed by atoms with Crippen LogP contribution in [0.15, 0.2) is 17.1 Å². The highest BCUT2D eigenvalue weighted by Gasteiger charge is 1.87. The van der Waals surface area contributed by atoms with E-state index in [0.717, 1.165) is 6.42 Å². The van der Waals surface area contributed by atoms with Crippen molar-refractivity contribution in [3.05, 3.63) is 12.2 Å². The smallest absolute Gasteiger partial charge is 0.0468 e. The summed E-state index contributed by atoms with van der Waals surface area (Å²) in [6.45, 7) is 6.24. The van der Waals surface area contributed by atoms with Gasteiger partial charge in [-0.15, -0.1) is 0 Å². The van der Waals surface area contributed by atoms with Gasteiger partial charge in [0.25, 0.3) is 0 Å². The van der Waals surface area contributed by atoms with E-state index in [2.05, 4.69) is 18.8 Å². The van der Waals surface area contributed by atoms with Crippen molar-refractivity contribution in [3.8, 4) is 0 Å². The first kappa shape index (κ1) is 8.41. The van der Waals surface area contributed by atoms with Gasteiger partial charge >= 0.3 is 0 Å². The molecule has 1 unspecified atom stereocenters. The fourth-order valence-electron chi connectivity index (χ4n) is 0.388. The average molecular weight is 125 g/mol. The van der Waals surface area contributed by atoms with Crippen LogP contribution >= 0.6 is 0 Å². The SMILES string of the molecule is C/C=C/C=N/C(C)CC. The van der Waals surface area contributed by atoms with Crippen molar-refractivity contribution < 1.29 is 0 Å². The Hall–Kier alpha value is -0.590. The zero-order valence-corrected chi connectivity index (χ0v) is 6.46. The van der Waals surface area contributed by atoms with E-state index in [1.54, 1.807) is 0 Å². The molecule has 0 radical (unpaired) electrons. The number of hydrogen-bond acceptors (Lipinski definition) is 1. The monoisotopic (exact) mass is 125 g/mol. The Morgan fingerprint density at radius 3 is 2.67 bits per heavy atom. The third-order valence-electron chi connectivity index (χ3n) is 1.21. The number of aliphatic imine (C=N–C) groups is 1. The summed E-state index contributed by atoms with van der Waals surface area (Å²) in [5.74, 6) is 0. The molecule has 0 aromatic carbocycles. The van der Waals surface area contributed by atoms with Crippen LogP contribution in [0.2, 0.25) is 0 Å². The number of nitrogens with zero attached hydrogens (tertiary/aromatic N) is 1. The van der Waals surface area contributed by atoms with Gasteiger partial charge in [-0.1, -0.05) is 13.0 Å². The minimum absolute atomic E-state index is 0.473. The molecule has 0 amide bonds. The van der Waals surface area contributed by atoms with E-state index in [0.29, 0.717) is 6.04 Å². The number of hydrogen-bond donors (Lipinski definition) is 0. The van der Waals surface area contributed by atoms with Gasteiger partial charge in [0.1, 0.15) is 0 Å². The summed E-state index contributed by atoms with van der Waals surface area (Å²) >= 11 is 0. The molecule has 0 saturated carbocycles. The van der Waals surface area contributed by atoms with Crippen LogP contribution < -0.4 is 0 Å². The Labute approximate surface area is 57.5 Å². The van der Waals surface area contributed by atoms with Gasteiger partial charge in [0.05, 0.1) is 0 Å². The van der Waals surface area contributed by atoms with Gasteiger partial charge in [0, 0.05) is 12.3 Å². The van der Waals surface area contributed by atoms with Gasteiger partial charge in [-0.3, -0.25) is 4.99 Å². The molecule has 0 aromatic rings. The molecular weight excluding hydrogens is 110 g/mol. The van der Waals surface area contributed by atoms with Crippen LogP contribution in [0.3, 0.4) is 0 Å². The molecule has 1 atom stereocenters. The van der Waals surface area contributed by atoms with Crippen molar-refractivity contribution in [1.82, 2.24) is 0 Å². The Balaban J connectivity index is 3.43. The molecule has 0 fully saturated rings. The second kappa shape index (κ2) is 5.54. The second-order valence-electron chi connectivity index (χ2n) is 2.08. The summed E-state index contributed by atoms with van der Waals surface area (Å²) in [5, 5.41) is 0. The van der Waals surface area contributed by atoms with E-state index in [1.807, 2.05) is 25.3 Å². The normalized spacial score (nSPS) is 15.4. The van der Waals surface area contributed by atoms with Gasteiger partial charge in [-0.2, -0.15) is 0 Å². The standard InChI is InChI=1S/C8H15N/c1-4-6-7-9-8(3)5-2/h4,6-8H,5H2,1-3H3/b6-4+,9-7+. The van der Waals surface area contributed by atoms with Gasteiger partial charge in [-0.25, -0.2) is 0 Å². The highest BCUT2D eigenvalue weighted by atomic mass is 14.7. The molecule has 1 heteroatoms. The topological polar surface area (TPSA) is 12.4 Å². The first-order chi connectivity index (χ1) is 4.31. The van der Waals surface area contributed by atoms with E-state index in [4.69, 9.17) is 0 Å².